The van der Waals surface area contributed by atoms with Gasteiger partial charge in [-0.25, -0.2) is 4.79 Å². The highest BCUT2D eigenvalue weighted by molar-refractivity contribution is 5.96. The summed E-state index contributed by atoms with van der Waals surface area (Å²) in [7, 11) is 0. The van der Waals surface area contributed by atoms with E-state index in [1.807, 2.05) is 30.3 Å². The van der Waals surface area contributed by atoms with Gasteiger partial charge < -0.3 is 16.2 Å². The van der Waals surface area contributed by atoms with E-state index < -0.39 is 23.8 Å². The molecule has 0 aliphatic carbocycles. The van der Waals surface area contributed by atoms with Crippen molar-refractivity contribution in [3.8, 4) is 11.3 Å². The summed E-state index contributed by atoms with van der Waals surface area (Å²) in [5.41, 5.74) is 6.85. The standard InChI is InChI=1S/C17H17N3O4/c18-15(21)9-8-14(17(23)24)20-16(22)12-6-7-13(19-10-12)11-4-2-1-3-5-11/h1-7,10,14H,8-9H2,(H2,18,21)(H,20,22)(H,23,24)/t14-/m0/s1. The van der Waals surface area contributed by atoms with Crippen LogP contribution in [0.4, 0.5) is 0 Å². The molecule has 0 saturated heterocycles. The molecule has 1 aromatic carbocycles. The van der Waals surface area contributed by atoms with E-state index >= 15 is 0 Å². The van der Waals surface area contributed by atoms with Crippen LogP contribution >= 0.6 is 0 Å². The Balaban J connectivity index is 2.06. The lowest BCUT2D eigenvalue weighted by Gasteiger charge is -2.13. The molecule has 0 radical (unpaired) electrons. The van der Waals surface area contributed by atoms with Gasteiger partial charge in [0, 0.05) is 18.2 Å². The molecule has 0 saturated carbocycles. The summed E-state index contributed by atoms with van der Waals surface area (Å²) in [6, 6.07) is 11.5. The Kier molecular flexibility index (Phi) is 5.62. The number of carboxylic acids is 1. The number of amides is 2. The van der Waals surface area contributed by atoms with E-state index in [9.17, 15) is 14.4 Å². The van der Waals surface area contributed by atoms with Gasteiger partial charge >= 0.3 is 5.97 Å². The highest BCUT2D eigenvalue weighted by Crippen LogP contribution is 2.16. The number of pyridine rings is 1. The third kappa shape index (κ3) is 4.64. The summed E-state index contributed by atoms with van der Waals surface area (Å²) in [5.74, 6) is -2.41. The minimum Gasteiger partial charge on any atom is -0.480 e. The fraction of sp³-hybridized carbons (Fsp3) is 0.176. The van der Waals surface area contributed by atoms with Gasteiger partial charge in [0.25, 0.3) is 5.91 Å². The second-order valence-electron chi connectivity index (χ2n) is 5.17. The highest BCUT2D eigenvalue weighted by atomic mass is 16.4. The van der Waals surface area contributed by atoms with E-state index in [-0.39, 0.29) is 18.4 Å². The van der Waals surface area contributed by atoms with Crippen LogP contribution in [0, 0.1) is 0 Å². The zero-order chi connectivity index (χ0) is 17.5. The molecule has 7 nitrogen and oxygen atoms in total. The van der Waals surface area contributed by atoms with Gasteiger partial charge in [-0.1, -0.05) is 30.3 Å². The quantitative estimate of drug-likeness (QED) is 0.705. The molecular formula is C17H17N3O4. The largest absolute Gasteiger partial charge is 0.480 e. The van der Waals surface area contributed by atoms with Crippen molar-refractivity contribution in [2.75, 3.05) is 0 Å². The summed E-state index contributed by atoms with van der Waals surface area (Å²) in [6.45, 7) is 0. The van der Waals surface area contributed by atoms with Crippen LogP contribution in [0.5, 0.6) is 0 Å². The summed E-state index contributed by atoms with van der Waals surface area (Å²) in [6.07, 6.45) is 1.19. The minimum absolute atomic E-state index is 0.0636. The molecule has 2 rings (SSSR count). The van der Waals surface area contributed by atoms with E-state index in [2.05, 4.69) is 10.3 Å². The molecule has 0 spiro atoms. The highest BCUT2D eigenvalue weighted by Gasteiger charge is 2.21. The molecule has 7 heteroatoms. The molecule has 2 aromatic rings. The number of aromatic nitrogens is 1. The first kappa shape index (κ1) is 17.1. The Hall–Kier alpha value is -3.22. The average molecular weight is 327 g/mol. The molecule has 1 atom stereocenters. The molecule has 4 N–H and O–H groups in total. The van der Waals surface area contributed by atoms with Crippen molar-refractivity contribution < 1.29 is 19.5 Å². The van der Waals surface area contributed by atoms with Gasteiger partial charge in [-0.3, -0.25) is 14.6 Å². The number of carboxylic acid groups (broad SMARTS) is 1. The number of nitrogens with one attached hydrogen (secondary N) is 1. The molecule has 1 aromatic heterocycles. The first-order chi connectivity index (χ1) is 11.5. The lowest BCUT2D eigenvalue weighted by atomic mass is 10.1. The van der Waals surface area contributed by atoms with Gasteiger partial charge in [-0.2, -0.15) is 0 Å². The van der Waals surface area contributed by atoms with Gasteiger partial charge in [-0.05, 0) is 18.6 Å². The lowest BCUT2D eigenvalue weighted by molar-refractivity contribution is -0.139. The number of benzene rings is 1. The number of hydrogen-bond donors (Lipinski definition) is 3. The number of nitrogens with two attached hydrogens (primary N) is 1. The monoisotopic (exact) mass is 327 g/mol. The Morgan fingerprint density at radius 2 is 1.83 bits per heavy atom. The van der Waals surface area contributed by atoms with Gasteiger partial charge in [0.1, 0.15) is 6.04 Å². The van der Waals surface area contributed by atoms with Crippen molar-refractivity contribution in [2.45, 2.75) is 18.9 Å². The Labute approximate surface area is 138 Å². The van der Waals surface area contributed by atoms with E-state index in [0.717, 1.165) is 5.56 Å². The maximum Gasteiger partial charge on any atom is 0.326 e. The molecule has 0 unspecified atom stereocenters. The Bertz CT molecular complexity index is 729. The maximum atomic E-state index is 12.1. The van der Waals surface area contributed by atoms with Crippen LogP contribution in [0.2, 0.25) is 0 Å². The first-order valence-corrected chi connectivity index (χ1v) is 7.31. The van der Waals surface area contributed by atoms with E-state index in [1.54, 1.807) is 12.1 Å². The fourth-order valence-corrected chi connectivity index (χ4v) is 2.09. The Morgan fingerprint density at radius 3 is 2.38 bits per heavy atom. The number of carbonyl (C=O) groups is 3. The van der Waals surface area contributed by atoms with E-state index in [4.69, 9.17) is 10.8 Å². The molecule has 24 heavy (non-hydrogen) atoms. The van der Waals surface area contributed by atoms with Crippen molar-refractivity contribution >= 4 is 17.8 Å². The van der Waals surface area contributed by atoms with Crippen molar-refractivity contribution in [3.05, 3.63) is 54.2 Å². The van der Waals surface area contributed by atoms with Crippen molar-refractivity contribution in [2.24, 2.45) is 5.73 Å². The number of aliphatic carboxylic acids is 1. The van der Waals surface area contributed by atoms with E-state index in [0.29, 0.717) is 5.69 Å². The predicted octanol–water partition coefficient (Wildman–Crippen LogP) is 1.20. The molecule has 0 bridgehead atoms. The molecule has 2 amide bonds. The van der Waals surface area contributed by atoms with Gasteiger partial charge in [-0.15, -0.1) is 0 Å². The lowest BCUT2D eigenvalue weighted by Crippen LogP contribution is -2.41. The van der Waals surface area contributed by atoms with Crippen LogP contribution < -0.4 is 11.1 Å². The predicted molar refractivity (Wildman–Crippen MR) is 87.0 cm³/mol. The van der Waals surface area contributed by atoms with Crippen LogP contribution in [-0.4, -0.2) is 33.9 Å². The smallest absolute Gasteiger partial charge is 0.326 e. The number of rotatable bonds is 7. The van der Waals surface area contributed by atoms with Crippen LogP contribution in [0.25, 0.3) is 11.3 Å². The molecule has 0 aliphatic rings. The molecule has 0 fully saturated rings. The van der Waals surface area contributed by atoms with Crippen LogP contribution in [0.3, 0.4) is 0 Å². The maximum absolute atomic E-state index is 12.1. The fourth-order valence-electron chi connectivity index (χ4n) is 2.09. The molecule has 124 valence electrons. The van der Waals surface area contributed by atoms with Crippen molar-refractivity contribution in [1.29, 1.82) is 0 Å². The van der Waals surface area contributed by atoms with Crippen LogP contribution in [0.15, 0.2) is 48.7 Å². The van der Waals surface area contributed by atoms with E-state index in [1.165, 1.54) is 6.20 Å². The average Bonchev–Trinajstić information content (AvgIpc) is 2.59. The minimum atomic E-state index is -1.22. The topological polar surface area (TPSA) is 122 Å². The molecule has 0 aliphatic heterocycles. The Morgan fingerprint density at radius 1 is 1.12 bits per heavy atom. The second-order valence-corrected chi connectivity index (χ2v) is 5.17. The van der Waals surface area contributed by atoms with Gasteiger partial charge in [0.15, 0.2) is 0 Å². The number of nitrogens with zero attached hydrogens (tertiary/aromatic N) is 1. The molecular weight excluding hydrogens is 310 g/mol. The summed E-state index contributed by atoms with van der Waals surface area (Å²) < 4.78 is 0. The van der Waals surface area contributed by atoms with Gasteiger partial charge in [0.2, 0.25) is 5.91 Å². The number of hydrogen-bond acceptors (Lipinski definition) is 4. The van der Waals surface area contributed by atoms with Crippen LogP contribution in [-0.2, 0) is 9.59 Å². The van der Waals surface area contributed by atoms with Crippen LogP contribution in [0.1, 0.15) is 23.2 Å². The van der Waals surface area contributed by atoms with Crippen molar-refractivity contribution in [3.63, 3.8) is 0 Å². The van der Waals surface area contributed by atoms with Crippen molar-refractivity contribution in [1.82, 2.24) is 10.3 Å². The third-order valence-electron chi connectivity index (χ3n) is 3.38. The number of primary amides is 1. The third-order valence-corrected chi connectivity index (χ3v) is 3.38. The summed E-state index contributed by atoms with van der Waals surface area (Å²) >= 11 is 0. The second kappa shape index (κ2) is 7.87. The molecule has 1 heterocycles. The zero-order valence-corrected chi connectivity index (χ0v) is 12.8. The first-order valence-electron chi connectivity index (χ1n) is 7.31. The normalized spacial score (nSPS) is 11.5. The summed E-state index contributed by atoms with van der Waals surface area (Å²) in [4.78, 5) is 38.2. The zero-order valence-electron chi connectivity index (χ0n) is 12.8. The summed E-state index contributed by atoms with van der Waals surface area (Å²) in [5, 5.41) is 11.5. The van der Waals surface area contributed by atoms with Gasteiger partial charge in [0.05, 0.1) is 11.3 Å². The number of carbonyl (C=O) groups excluding carboxylic acids is 2. The SMILES string of the molecule is NC(=O)CC[C@H](NC(=O)c1ccc(-c2ccccc2)nc1)C(=O)O.